The van der Waals surface area contributed by atoms with Crippen LogP contribution >= 0.6 is 12.4 Å². The normalized spacial score (nSPS) is 16.5. The predicted molar refractivity (Wildman–Crippen MR) is 85.0 cm³/mol. The lowest BCUT2D eigenvalue weighted by molar-refractivity contribution is -0.132. The molecule has 0 spiro atoms. The van der Waals surface area contributed by atoms with Crippen molar-refractivity contribution in [3.05, 3.63) is 60.7 Å². The third-order valence-corrected chi connectivity index (χ3v) is 3.39. The van der Waals surface area contributed by atoms with Gasteiger partial charge in [0.2, 0.25) is 5.91 Å². The Balaban J connectivity index is 0.00000200. The minimum atomic E-state index is -0.144. The molecule has 1 aromatic rings. The fraction of sp³-hybridized carbons (Fsp3) is 0.312. The van der Waals surface area contributed by atoms with Crippen LogP contribution in [0.25, 0.3) is 0 Å². The summed E-state index contributed by atoms with van der Waals surface area (Å²) >= 11 is 0. The molecule has 3 nitrogen and oxygen atoms in total. The van der Waals surface area contributed by atoms with Gasteiger partial charge in [0.15, 0.2) is 0 Å². The minimum absolute atomic E-state index is 0. The Bertz CT molecular complexity index is 477. The number of rotatable bonds is 5. The van der Waals surface area contributed by atoms with Gasteiger partial charge in [-0.3, -0.25) is 4.79 Å². The van der Waals surface area contributed by atoms with Crippen LogP contribution in [-0.4, -0.2) is 29.9 Å². The van der Waals surface area contributed by atoms with E-state index in [-0.39, 0.29) is 24.4 Å². The molecular formula is C16H21ClN2O. The molecule has 1 unspecified atom stereocenters. The van der Waals surface area contributed by atoms with E-state index in [0.29, 0.717) is 13.1 Å². The standard InChI is InChI=1S/C16H20N2O.ClH/c1-3-9-18(10-4-2)16(19)15-11-13-7-5-6-8-14(13)12-17-15;/h3-8,15,17H,1-2,9-12H2;1H. The number of hydrogen-bond donors (Lipinski definition) is 1. The zero-order valence-corrected chi connectivity index (χ0v) is 12.4. The number of carbonyl (C=O) groups excluding carboxylic acids is 1. The van der Waals surface area contributed by atoms with Crippen molar-refractivity contribution < 1.29 is 4.79 Å². The van der Waals surface area contributed by atoms with Crippen molar-refractivity contribution in [1.29, 1.82) is 0 Å². The number of halogens is 1. The smallest absolute Gasteiger partial charge is 0.240 e. The van der Waals surface area contributed by atoms with Gasteiger partial charge in [0, 0.05) is 19.6 Å². The van der Waals surface area contributed by atoms with Crippen LogP contribution in [-0.2, 0) is 17.8 Å². The summed E-state index contributed by atoms with van der Waals surface area (Å²) < 4.78 is 0. The summed E-state index contributed by atoms with van der Waals surface area (Å²) in [5.74, 6) is 0.120. The van der Waals surface area contributed by atoms with Gasteiger partial charge in [-0.1, -0.05) is 36.4 Å². The molecule has 1 aliphatic rings. The van der Waals surface area contributed by atoms with Gasteiger partial charge >= 0.3 is 0 Å². The Hall–Kier alpha value is -1.58. The topological polar surface area (TPSA) is 32.3 Å². The van der Waals surface area contributed by atoms with Crippen molar-refractivity contribution in [3.8, 4) is 0 Å². The molecular weight excluding hydrogens is 272 g/mol. The third-order valence-electron chi connectivity index (χ3n) is 3.39. The maximum Gasteiger partial charge on any atom is 0.240 e. The monoisotopic (exact) mass is 292 g/mol. The second-order valence-corrected chi connectivity index (χ2v) is 4.73. The average Bonchev–Trinajstić information content (AvgIpc) is 2.46. The molecule has 4 heteroatoms. The van der Waals surface area contributed by atoms with E-state index in [1.165, 1.54) is 11.1 Å². The summed E-state index contributed by atoms with van der Waals surface area (Å²) in [4.78, 5) is 14.2. The van der Waals surface area contributed by atoms with E-state index in [9.17, 15) is 4.79 Å². The molecule has 0 aromatic heterocycles. The third kappa shape index (κ3) is 3.71. The molecule has 0 bridgehead atoms. The first-order valence-electron chi connectivity index (χ1n) is 6.57. The molecule has 1 heterocycles. The van der Waals surface area contributed by atoms with Crippen LogP contribution in [0.4, 0.5) is 0 Å². The van der Waals surface area contributed by atoms with Gasteiger partial charge in [0.05, 0.1) is 6.04 Å². The van der Waals surface area contributed by atoms with Crippen LogP contribution in [0.2, 0.25) is 0 Å². The van der Waals surface area contributed by atoms with Crippen LogP contribution in [0.3, 0.4) is 0 Å². The van der Waals surface area contributed by atoms with E-state index in [1.54, 1.807) is 17.1 Å². The lowest BCUT2D eigenvalue weighted by Gasteiger charge is -2.30. The second kappa shape index (κ2) is 7.88. The van der Waals surface area contributed by atoms with Crippen LogP contribution in [0.1, 0.15) is 11.1 Å². The minimum Gasteiger partial charge on any atom is -0.334 e. The van der Waals surface area contributed by atoms with Crippen molar-refractivity contribution in [2.45, 2.75) is 19.0 Å². The molecule has 1 N–H and O–H groups in total. The van der Waals surface area contributed by atoms with E-state index < -0.39 is 0 Å². The van der Waals surface area contributed by atoms with Crippen LogP contribution in [0.5, 0.6) is 0 Å². The van der Waals surface area contributed by atoms with Crippen LogP contribution < -0.4 is 5.32 Å². The molecule has 1 aromatic carbocycles. The van der Waals surface area contributed by atoms with Gasteiger partial charge in [0.25, 0.3) is 0 Å². The number of hydrogen-bond acceptors (Lipinski definition) is 2. The maximum absolute atomic E-state index is 12.5. The molecule has 1 atom stereocenters. The van der Waals surface area contributed by atoms with Gasteiger partial charge in [-0.05, 0) is 17.5 Å². The zero-order chi connectivity index (χ0) is 13.7. The fourth-order valence-electron chi connectivity index (χ4n) is 2.42. The highest BCUT2D eigenvalue weighted by Crippen LogP contribution is 2.17. The molecule has 0 fully saturated rings. The summed E-state index contributed by atoms with van der Waals surface area (Å²) in [7, 11) is 0. The van der Waals surface area contributed by atoms with Gasteiger partial charge in [0.1, 0.15) is 0 Å². The summed E-state index contributed by atoms with van der Waals surface area (Å²) in [6.07, 6.45) is 4.25. The van der Waals surface area contributed by atoms with E-state index in [1.807, 2.05) is 12.1 Å². The van der Waals surface area contributed by atoms with Crippen molar-refractivity contribution in [3.63, 3.8) is 0 Å². The molecule has 108 valence electrons. The zero-order valence-electron chi connectivity index (χ0n) is 11.5. The second-order valence-electron chi connectivity index (χ2n) is 4.73. The number of nitrogens with zero attached hydrogens (tertiary/aromatic N) is 1. The van der Waals surface area contributed by atoms with Crippen molar-refractivity contribution in [2.75, 3.05) is 13.1 Å². The highest BCUT2D eigenvalue weighted by Gasteiger charge is 2.26. The highest BCUT2D eigenvalue weighted by atomic mass is 35.5. The first-order chi connectivity index (χ1) is 9.26. The first kappa shape index (κ1) is 16.5. The quantitative estimate of drug-likeness (QED) is 0.845. The summed E-state index contributed by atoms with van der Waals surface area (Å²) in [5, 5.41) is 3.31. The van der Waals surface area contributed by atoms with E-state index in [0.717, 1.165) is 13.0 Å². The molecule has 0 saturated heterocycles. The molecule has 0 saturated carbocycles. The molecule has 2 rings (SSSR count). The van der Waals surface area contributed by atoms with Crippen molar-refractivity contribution in [1.82, 2.24) is 10.2 Å². The largest absolute Gasteiger partial charge is 0.334 e. The highest BCUT2D eigenvalue weighted by molar-refractivity contribution is 5.85. The number of amides is 1. The Labute approximate surface area is 126 Å². The Morgan fingerprint density at radius 3 is 2.45 bits per heavy atom. The summed E-state index contributed by atoms with van der Waals surface area (Å²) in [6.45, 7) is 9.27. The molecule has 20 heavy (non-hydrogen) atoms. The fourth-order valence-corrected chi connectivity index (χ4v) is 2.42. The lowest BCUT2D eigenvalue weighted by atomic mass is 9.95. The van der Waals surface area contributed by atoms with Crippen molar-refractivity contribution >= 4 is 18.3 Å². The molecule has 0 radical (unpaired) electrons. The van der Waals surface area contributed by atoms with Gasteiger partial charge in [-0.15, -0.1) is 25.6 Å². The first-order valence-corrected chi connectivity index (χ1v) is 6.57. The number of benzene rings is 1. The maximum atomic E-state index is 12.5. The molecule has 1 aliphatic heterocycles. The number of fused-ring (bicyclic) bond motifs is 1. The summed E-state index contributed by atoms with van der Waals surface area (Å²) in [6, 6.07) is 8.12. The van der Waals surface area contributed by atoms with Crippen molar-refractivity contribution in [2.24, 2.45) is 0 Å². The SMILES string of the molecule is C=CCN(CC=C)C(=O)C1Cc2ccccc2CN1.Cl. The number of carbonyl (C=O) groups is 1. The Kier molecular flexibility index (Phi) is 6.49. The predicted octanol–water partition coefficient (Wildman–Crippen LogP) is 2.32. The van der Waals surface area contributed by atoms with E-state index in [4.69, 9.17) is 0 Å². The van der Waals surface area contributed by atoms with E-state index >= 15 is 0 Å². The van der Waals surface area contributed by atoms with Gasteiger partial charge < -0.3 is 10.2 Å². The lowest BCUT2D eigenvalue weighted by Crippen LogP contribution is -2.49. The van der Waals surface area contributed by atoms with E-state index in [2.05, 4.69) is 30.6 Å². The van der Waals surface area contributed by atoms with Crippen LogP contribution in [0, 0.1) is 0 Å². The number of nitrogens with one attached hydrogen (secondary N) is 1. The van der Waals surface area contributed by atoms with Gasteiger partial charge in [-0.2, -0.15) is 0 Å². The molecule has 1 amide bonds. The Morgan fingerprint density at radius 2 is 1.85 bits per heavy atom. The summed E-state index contributed by atoms with van der Waals surface area (Å²) in [5.41, 5.74) is 2.54. The molecule has 0 aliphatic carbocycles. The van der Waals surface area contributed by atoms with Gasteiger partial charge in [-0.25, -0.2) is 0 Å². The Morgan fingerprint density at radius 1 is 1.25 bits per heavy atom. The van der Waals surface area contributed by atoms with Crippen LogP contribution in [0.15, 0.2) is 49.6 Å². The average molecular weight is 293 g/mol.